The molecule has 3 heterocycles. The zero-order chi connectivity index (χ0) is 20.6. The summed E-state index contributed by atoms with van der Waals surface area (Å²) in [4.78, 5) is 39.7. The Hall–Kier alpha value is -3.27. The van der Waals surface area contributed by atoms with Crippen molar-refractivity contribution in [3.8, 4) is 11.5 Å². The van der Waals surface area contributed by atoms with Gasteiger partial charge in [-0.25, -0.2) is 9.97 Å². The molecule has 3 N–H and O–H groups in total. The third-order valence-electron chi connectivity index (χ3n) is 4.56. The van der Waals surface area contributed by atoms with Gasteiger partial charge in [-0.1, -0.05) is 6.07 Å². The van der Waals surface area contributed by atoms with Gasteiger partial charge in [-0.3, -0.25) is 14.6 Å². The minimum absolute atomic E-state index is 0.0276. The molecule has 29 heavy (non-hydrogen) atoms. The molecule has 0 bridgehead atoms. The summed E-state index contributed by atoms with van der Waals surface area (Å²) in [5.74, 6) is 0.465. The Morgan fingerprint density at radius 1 is 1.14 bits per heavy atom. The summed E-state index contributed by atoms with van der Waals surface area (Å²) in [6, 6.07) is 7.24. The van der Waals surface area contributed by atoms with Gasteiger partial charge in [0.15, 0.2) is 5.82 Å². The number of carbonyl (C=O) groups excluding carboxylic acids is 1. The fraction of sp³-hybridized carbons (Fsp3) is 0.421. The monoisotopic (exact) mass is 400 g/mol. The van der Waals surface area contributed by atoms with Gasteiger partial charge in [0.05, 0.1) is 6.42 Å². The minimum atomic E-state index is -0.891. The number of aliphatic carboxylic acids is 1. The maximum absolute atomic E-state index is 11.8. The van der Waals surface area contributed by atoms with Crippen LogP contribution in [0, 0.1) is 0 Å². The summed E-state index contributed by atoms with van der Waals surface area (Å²) in [7, 11) is 0. The molecule has 0 aliphatic carbocycles. The maximum Gasteiger partial charge on any atom is 0.305 e. The molecule has 1 amide bonds. The number of amides is 1. The lowest BCUT2D eigenvalue weighted by atomic mass is 10.3. The Kier molecular flexibility index (Phi) is 6.90. The number of carbonyl (C=O) groups is 2. The van der Waals surface area contributed by atoms with E-state index in [9.17, 15) is 9.59 Å². The predicted molar refractivity (Wildman–Crippen MR) is 107 cm³/mol. The smallest absolute Gasteiger partial charge is 0.305 e. The van der Waals surface area contributed by atoms with Gasteiger partial charge in [-0.05, 0) is 18.6 Å². The molecule has 0 saturated carbocycles. The zero-order valence-electron chi connectivity index (χ0n) is 16.0. The van der Waals surface area contributed by atoms with Crippen LogP contribution < -0.4 is 10.2 Å². The summed E-state index contributed by atoms with van der Waals surface area (Å²) in [5.41, 5.74) is 0.613. The topological polar surface area (TPSA) is 132 Å². The first-order valence-electron chi connectivity index (χ1n) is 9.46. The van der Waals surface area contributed by atoms with E-state index in [1.165, 1.54) is 0 Å². The number of aliphatic hydroxyl groups is 1. The third kappa shape index (κ3) is 5.61. The van der Waals surface area contributed by atoms with Crippen molar-refractivity contribution in [2.75, 3.05) is 49.5 Å². The van der Waals surface area contributed by atoms with Crippen LogP contribution in [0.2, 0.25) is 0 Å². The standard InChI is InChI=1S/C19H24N6O4/c26-13-17(27)25-9-3-8-24(10-11-25)16-12-15(21-7-5-18(28)29)22-19(23-16)14-4-1-2-6-20-14/h1-2,4,6,12,26H,3,5,7-11,13H2,(H,28,29)(H,21,22,23). The number of aromatic nitrogens is 3. The highest BCUT2D eigenvalue weighted by Crippen LogP contribution is 2.22. The van der Waals surface area contributed by atoms with Gasteiger partial charge in [-0.2, -0.15) is 0 Å². The van der Waals surface area contributed by atoms with E-state index in [4.69, 9.17) is 10.2 Å². The largest absolute Gasteiger partial charge is 0.481 e. The van der Waals surface area contributed by atoms with Crippen molar-refractivity contribution in [3.05, 3.63) is 30.5 Å². The van der Waals surface area contributed by atoms with E-state index >= 15 is 0 Å². The Labute approximate surface area is 168 Å². The molecule has 0 spiro atoms. The molecule has 2 aromatic heterocycles. The van der Waals surface area contributed by atoms with Crippen molar-refractivity contribution in [2.24, 2.45) is 0 Å². The second-order valence-electron chi connectivity index (χ2n) is 6.60. The first-order chi connectivity index (χ1) is 14.1. The average Bonchev–Trinajstić information content (AvgIpc) is 3.00. The van der Waals surface area contributed by atoms with Crippen molar-refractivity contribution in [1.29, 1.82) is 0 Å². The summed E-state index contributed by atoms with van der Waals surface area (Å²) in [5, 5.41) is 21.0. The van der Waals surface area contributed by atoms with Gasteiger partial charge in [0.1, 0.15) is 23.9 Å². The Bertz CT molecular complexity index is 848. The van der Waals surface area contributed by atoms with Crippen molar-refractivity contribution < 1.29 is 19.8 Å². The van der Waals surface area contributed by atoms with Gasteiger partial charge in [0, 0.05) is 45.0 Å². The SMILES string of the molecule is O=C(O)CCNc1cc(N2CCCN(C(=O)CO)CC2)nc(-c2ccccn2)n1. The van der Waals surface area contributed by atoms with Crippen molar-refractivity contribution in [2.45, 2.75) is 12.8 Å². The molecule has 0 unspecified atom stereocenters. The van der Waals surface area contributed by atoms with Crippen LogP contribution in [0.5, 0.6) is 0 Å². The van der Waals surface area contributed by atoms with Crippen LogP contribution >= 0.6 is 0 Å². The second-order valence-corrected chi connectivity index (χ2v) is 6.60. The van der Waals surface area contributed by atoms with Gasteiger partial charge < -0.3 is 25.3 Å². The Balaban J connectivity index is 1.84. The normalized spacial score (nSPS) is 14.4. The van der Waals surface area contributed by atoms with Gasteiger partial charge >= 0.3 is 5.97 Å². The Morgan fingerprint density at radius 3 is 2.72 bits per heavy atom. The van der Waals surface area contributed by atoms with Crippen LogP contribution in [-0.2, 0) is 9.59 Å². The molecule has 1 aliphatic heterocycles. The number of rotatable bonds is 7. The number of hydrogen-bond acceptors (Lipinski definition) is 8. The number of nitrogens with one attached hydrogen (secondary N) is 1. The van der Waals surface area contributed by atoms with Gasteiger partial charge in [0.25, 0.3) is 0 Å². The number of aliphatic hydroxyl groups excluding tert-OH is 1. The quantitative estimate of drug-likeness (QED) is 0.606. The molecule has 1 aliphatic rings. The molecule has 1 saturated heterocycles. The van der Waals surface area contributed by atoms with Crippen LogP contribution in [-0.4, -0.2) is 81.3 Å². The van der Waals surface area contributed by atoms with Crippen LogP contribution in [0.15, 0.2) is 30.5 Å². The highest BCUT2D eigenvalue weighted by atomic mass is 16.4. The maximum atomic E-state index is 11.8. The lowest BCUT2D eigenvalue weighted by Gasteiger charge is -2.23. The van der Waals surface area contributed by atoms with Crippen LogP contribution in [0.3, 0.4) is 0 Å². The molecule has 10 nitrogen and oxygen atoms in total. The van der Waals surface area contributed by atoms with E-state index in [0.717, 1.165) is 6.42 Å². The lowest BCUT2D eigenvalue weighted by Crippen LogP contribution is -2.37. The zero-order valence-corrected chi connectivity index (χ0v) is 16.0. The molecule has 1 fully saturated rings. The molecule has 0 atom stereocenters. The van der Waals surface area contributed by atoms with E-state index in [1.807, 2.05) is 12.1 Å². The number of carboxylic acid groups (broad SMARTS) is 1. The Morgan fingerprint density at radius 2 is 2.00 bits per heavy atom. The van der Waals surface area contributed by atoms with Crippen LogP contribution in [0.1, 0.15) is 12.8 Å². The second kappa shape index (κ2) is 9.78. The average molecular weight is 400 g/mol. The molecule has 154 valence electrons. The van der Waals surface area contributed by atoms with Crippen LogP contribution in [0.4, 0.5) is 11.6 Å². The summed E-state index contributed by atoms with van der Waals surface area (Å²) >= 11 is 0. The van der Waals surface area contributed by atoms with Gasteiger partial charge in [0.2, 0.25) is 5.91 Å². The molecular weight excluding hydrogens is 376 g/mol. The van der Waals surface area contributed by atoms with Crippen molar-refractivity contribution in [3.63, 3.8) is 0 Å². The molecule has 10 heteroatoms. The van der Waals surface area contributed by atoms with E-state index in [2.05, 4.69) is 25.2 Å². The number of nitrogens with zero attached hydrogens (tertiary/aromatic N) is 5. The van der Waals surface area contributed by atoms with E-state index in [1.54, 1.807) is 23.2 Å². The molecule has 0 aromatic carbocycles. The summed E-state index contributed by atoms with van der Waals surface area (Å²) in [6.07, 6.45) is 2.38. The van der Waals surface area contributed by atoms with E-state index < -0.39 is 12.6 Å². The number of carboxylic acids is 1. The number of pyridine rings is 1. The molecular formula is C19H24N6O4. The van der Waals surface area contributed by atoms with Crippen molar-refractivity contribution >= 4 is 23.5 Å². The summed E-state index contributed by atoms with van der Waals surface area (Å²) < 4.78 is 0. The minimum Gasteiger partial charge on any atom is -0.481 e. The summed E-state index contributed by atoms with van der Waals surface area (Å²) in [6.45, 7) is 2.09. The molecule has 2 aromatic rings. The highest BCUT2D eigenvalue weighted by Gasteiger charge is 2.20. The predicted octanol–water partition coefficient (Wildman–Crippen LogP) is 0.456. The lowest BCUT2D eigenvalue weighted by molar-refractivity contribution is -0.136. The molecule has 0 radical (unpaired) electrons. The van der Waals surface area contributed by atoms with E-state index in [-0.39, 0.29) is 18.9 Å². The fourth-order valence-corrected chi connectivity index (χ4v) is 3.09. The first-order valence-corrected chi connectivity index (χ1v) is 9.46. The highest BCUT2D eigenvalue weighted by molar-refractivity contribution is 5.77. The third-order valence-corrected chi connectivity index (χ3v) is 4.56. The number of hydrogen-bond donors (Lipinski definition) is 3. The fourth-order valence-electron chi connectivity index (χ4n) is 3.09. The number of anilines is 2. The first kappa shape index (κ1) is 20.5. The van der Waals surface area contributed by atoms with Crippen molar-refractivity contribution in [1.82, 2.24) is 19.9 Å². The van der Waals surface area contributed by atoms with Gasteiger partial charge in [-0.15, -0.1) is 0 Å². The van der Waals surface area contributed by atoms with Crippen LogP contribution in [0.25, 0.3) is 11.5 Å². The van der Waals surface area contributed by atoms with E-state index in [0.29, 0.717) is 49.3 Å². The molecule has 3 rings (SSSR count).